The lowest BCUT2D eigenvalue weighted by Crippen LogP contribution is -2.48. The highest BCUT2D eigenvalue weighted by molar-refractivity contribution is 5.86. The first-order valence-corrected chi connectivity index (χ1v) is 10.5. The van der Waals surface area contributed by atoms with Crippen LogP contribution in [0.5, 0.6) is 17.2 Å². The summed E-state index contributed by atoms with van der Waals surface area (Å²) in [5, 5.41) is 20.5. The molecule has 2 aromatic rings. The molecule has 2 N–H and O–H groups in total. The van der Waals surface area contributed by atoms with Gasteiger partial charge in [-0.05, 0) is 63.1 Å². The molecule has 30 heavy (non-hydrogen) atoms. The topological polar surface area (TPSA) is 74.5 Å². The number of aromatic hydroxyl groups is 1. The van der Waals surface area contributed by atoms with Gasteiger partial charge >= 0.3 is 0 Å². The molecule has 2 aromatic carbocycles. The van der Waals surface area contributed by atoms with Crippen molar-refractivity contribution < 1.29 is 19.7 Å². The largest absolute Gasteiger partial charge is 0.504 e. The molecule has 1 aliphatic heterocycles. The first-order valence-electron chi connectivity index (χ1n) is 10.5. The molecule has 0 bridgehead atoms. The number of likely N-dealkylation sites (tertiary alicyclic amines) is 1. The molecule has 0 aliphatic carbocycles. The number of para-hydroxylation sites is 1. The second-order valence-electron chi connectivity index (χ2n) is 7.94. The maximum atomic E-state index is 10.4. The number of β-amino-alcohol motifs (C(OH)–C–C–N with tert-alkyl or cyclic N) is 1. The molecular formula is C24H32N2O4. The van der Waals surface area contributed by atoms with E-state index in [1.807, 2.05) is 24.3 Å². The second kappa shape index (κ2) is 10.5. The summed E-state index contributed by atoms with van der Waals surface area (Å²) in [7, 11) is 1.51. The van der Waals surface area contributed by atoms with E-state index in [9.17, 15) is 10.2 Å². The van der Waals surface area contributed by atoms with Gasteiger partial charge in [-0.25, -0.2) is 0 Å². The minimum absolute atomic E-state index is 0.0648. The van der Waals surface area contributed by atoms with Gasteiger partial charge in [0.15, 0.2) is 11.5 Å². The zero-order valence-corrected chi connectivity index (χ0v) is 18.0. The molecule has 1 saturated heterocycles. The molecule has 1 heterocycles. The Morgan fingerprint density at radius 3 is 2.50 bits per heavy atom. The summed E-state index contributed by atoms with van der Waals surface area (Å²) >= 11 is 0. The summed E-state index contributed by atoms with van der Waals surface area (Å²) in [6, 6.07) is 13.6. The van der Waals surface area contributed by atoms with E-state index in [-0.39, 0.29) is 12.4 Å². The van der Waals surface area contributed by atoms with Gasteiger partial charge in [0.2, 0.25) is 0 Å². The number of benzene rings is 2. The Bertz CT molecular complexity index is 828. The van der Waals surface area contributed by atoms with E-state index in [4.69, 9.17) is 9.47 Å². The van der Waals surface area contributed by atoms with Crippen LogP contribution in [0.2, 0.25) is 0 Å². The molecule has 6 heteroatoms. The lowest BCUT2D eigenvalue weighted by molar-refractivity contribution is 0.0209. The van der Waals surface area contributed by atoms with Crippen LogP contribution in [0.1, 0.15) is 38.7 Å². The maximum absolute atomic E-state index is 10.4. The Kier molecular flexibility index (Phi) is 7.71. The number of phenols is 1. The van der Waals surface area contributed by atoms with E-state index >= 15 is 0 Å². The van der Waals surface area contributed by atoms with Gasteiger partial charge in [0.25, 0.3) is 0 Å². The number of aliphatic hydroxyl groups excluding tert-OH is 1. The highest BCUT2D eigenvalue weighted by atomic mass is 16.5. The number of ether oxygens (including phenoxy) is 2. The summed E-state index contributed by atoms with van der Waals surface area (Å²) in [6.45, 7) is 5.35. The summed E-state index contributed by atoms with van der Waals surface area (Å²) in [5.41, 5.74) is 1.32. The molecule has 0 spiro atoms. The van der Waals surface area contributed by atoms with Crippen LogP contribution in [0.4, 0.5) is 5.69 Å². The average Bonchev–Trinajstić information content (AvgIpc) is 2.75. The zero-order valence-electron chi connectivity index (χ0n) is 18.0. The van der Waals surface area contributed by atoms with Crippen LogP contribution in [-0.4, -0.2) is 59.8 Å². The van der Waals surface area contributed by atoms with Gasteiger partial charge in [0, 0.05) is 30.4 Å². The molecule has 0 aromatic heterocycles. The Balaban J connectivity index is 1.52. The SMILES string of the molecule is COc1cccc(C=Nc2ccc(OC[C@H](O)CN3[C@H](C)CCC[C@H]3C)cc2)c1O. The van der Waals surface area contributed by atoms with Gasteiger partial charge < -0.3 is 19.7 Å². The Hall–Kier alpha value is -2.57. The number of hydrogen-bond donors (Lipinski definition) is 2. The molecule has 1 aliphatic rings. The van der Waals surface area contributed by atoms with Crippen molar-refractivity contribution in [2.75, 3.05) is 20.3 Å². The molecule has 0 saturated carbocycles. The monoisotopic (exact) mass is 412 g/mol. The normalized spacial score (nSPS) is 20.9. The molecule has 0 amide bonds. The number of phenolic OH excluding ortho intramolecular Hbond substituents is 1. The number of hydrogen-bond acceptors (Lipinski definition) is 6. The van der Waals surface area contributed by atoms with Crippen molar-refractivity contribution in [2.24, 2.45) is 4.99 Å². The summed E-state index contributed by atoms with van der Waals surface area (Å²) in [5.74, 6) is 1.17. The highest BCUT2D eigenvalue weighted by Gasteiger charge is 2.26. The van der Waals surface area contributed by atoms with Crippen LogP contribution in [0.3, 0.4) is 0 Å². The van der Waals surface area contributed by atoms with E-state index in [0.717, 1.165) is 5.69 Å². The van der Waals surface area contributed by atoms with Gasteiger partial charge in [-0.3, -0.25) is 9.89 Å². The standard InChI is InChI=1S/C24H32N2O4/c1-17-6-4-7-18(2)26(17)15-21(27)16-30-22-12-10-20(11-13-22)25-14-19-8-5-9-23(29-3)24(19)28/h5,8-14,17-18,21,27-28H,4,6-7,15-16H2,1-3H3/t17-,18-,21-/m1/s1. The van der Waals surface area contributed by atoms with E-state index < -0.39 is 6.10 Å². The summed E-state index contributed by atoms with van der Waals surface area (Å²) < 4.78 is 10.9. The van der Waals surface area contributed by atoms with Gasteiger partial charge in [0.1, 0.15) is 18.5 Å². The highest BCUT2D eigenvalue weighted by Crippen LogP contribution is 2.29. The minimum atomic E-state index is -0.526. The Morgan fingerprint density at radius 1 is 1.13 bits per heavy atom. The van der Waals surface area contributed by atoms with Crippen LogP contribution in [0.15, 0.2) is 47.5 Å². The quantitative estimate of drug-likeness (QED) is 0.637. The number of rotatable bonds is 8. The third-order valence-corrected chi connectivity index (χ3v) is 5.68. The van der Waals surface area contributed by atoms with Crippen LogP contribution >= 0.6 is 0 Å². The molecule has 1 fully saturated rings. The first kappa shape index (κ1) is 22.1. The van der Waals surface area contributed by atoms with E-state index in [0.29, 0.717) is 35.7 Å². The summed E-state index contributed by atoms with van der Waals surface area (Å²) in [6.07, 6.45) is 4.71. The Morgan fingerprint density at radius 2 is 1.83 bits per heavy atom. The number of methoxy groups -OCH3 is 1. The molecular weight excluding hydrogens is 380 g/mol. The molecule has 3 atom stereocenters. The number of aliphatic hydroxyl groups is 1. The Labute approximate surface area is 178 Å². The third kappa shape index (κ3) is 5.74. The number of piperidine rings is 1. The van der Waals surface area contributed by atoms with Crippen molar-refractivity contribution in [2.45, 2.75) is 51.3 Å². The molecule has 6 nitrogen and oxygen atoms in total. The lowest BCUT2D eigenvalue weighted by Gasteiger charge is -2.40. The number of aliphatic imine (C=N–C) groups is 1. The van der Waals surface area contributed by atoms with E-state index in [1.54, 1.807) is 24.4 Å². The average molecular weight is 413 g/mol. The zero-order chi connectivity index (χ0) is 21.5. The first-order chi connectivity index (χ1) is 14.5. The van der Waals surface area contributed by atoms with Crippen LogP contribution in [0.25, 0.3) is 0 Å². The van der Waals surface area contributed by atoms with Crippen molar-refractivity contribution in [1.82, 2.24) is 4.90 Å². The molecule has 3 rings (SSSR count). The van der Waals surface area contributed by atoms with Crippen LogP contribution < -0.4 is 9.47 Å². The fraction of sp³-hybridized carbons (Fsp3) is 0.458. The smallest absolute Gasteiger partial charge is 0.166 e. The fourth-order valence-corrected chi connectivity index (χ4v) is 3.90. The maximum Gasteiger partial charge on any atom is 0.166 e. The molecule has 0 radical (unpaired) electrons. The summed E-state index contributed by atoms with van der Waals surface area (Å²) in [4.78, 5) is 6.77. The third-order valence-electron chi connectivity index (χ3n) is 5.68. The van der Waals surface area contributed by atoms with Crippen molar-refractivity contribution in [3.05, 3.63) is 48.0 Å². The lowest BCUT2D eigenvalue weighted by atomic mass is 9.97. The molecule has 0 unspecified atom stereocenters. The van der Waals surface area contributed by atoms with Gasteiger partial charge in [-0.2, -0.15) is 0 Å². The fourth-order valence-electron chi connectivity index (χ4n) is 3.90. The molecule has 162 valence electrons. The van der Waals surface area contributed by atoms with E-state index in [1.165, 1.54) is 26.4 Å². The number of nitrogens with zero attached hydrogens (tertiary/aromatic N) is 2. The van der Waals surface area contributed by atoms with Crippen LogP contribution in [0, 0.1) is 0 Å². The van der Waals surface area contributed by atoms with Crippen molar-refractivity contribution in [3.63, 3.8) is 0 Å². The minimum Gasteiger partial charge on any atom is -0.504 e. The predicted octanol–water partition coefficient (Wildman–Crippen LogP) is 4.15. The van der Waals surface area contributed by atoms with Gasteiger partial charge in [-0.15, -0.1) is 0 Å². The van der Waals surface area contributed by atoms with Crippen LogP contribution in [-0.2, 0) is 0 Å². The van der Waals surface area contributed by atoms with Crippen molar-refractivity contribution >= 4 is 11.9 Å². The van der Waals surface area contributed by atoms with Crippen molar-refractivity contribution in [3.8, 4) is 17.2 Å². The van der Waals surface area contributed by atoms with Gasteiger partial charge in [-0.1, -0.05) is 12.5 Å². The second-order valence-corrected chi connectivity index (χ2v) is 7.94. The van der Waals surface area contributed by atoms with Gasteiger partial charge in [0.05, 0.1) is 12.8 Å². The van der Waals surface area contributed by atoms with Crippen molar-refractivity contribution in [1.29, 1.82) is 0 Å². The predicted molar refractivity (Wildman–Crippen MR) is 119 cm³/mol. The van der Waals surface area contributed by atoms with E-state index in [2.05, 4.69) is 23.7 Å².